The highest BCUT2D eigenvalue weighted by Gasteiger charge is 2.19. The van der Waals surface area contributed by atoms with E-state index in [0.717, 1.165) is 10.4 Å². The van der Waals surface area contributed by atoms with Gasteiger partial charge in [0.05, 0.1) is 18.4 Å². The minimum Gasteiger partial charge on any atom is -0.496 e. The fourth-order valence-electron chi connectivity index (χ4n) is 3.76. The lowest BCUT2D eigenvalue weighted by molar-refractivity contribution is -0.137. The first-order chi connectivity index (χ1) is 17.8. The van der Waals surface area contributed by atoms with Gasteiger partial charge in [0.1, 0.15) is 18.1 Å². The van der Waals surface area contributed by atoms with Crippen molar-refractivity contribution in [3.63, 3.8) is 0 Å². The van der Waals surface area contributed by atoms with Gasteiger partial charge < -0.3 is 19.7 Å². The number of aliphatic carboxylic acids is 1. The largest absolute Gasteiger partial charge is 0.496 e. The molecule has 0 radical (unpaired) electrons. The van der Waals surface area contributed by atoms with Gasteiger partial charge in [-0.25, -0.2) is 14.8 Å². The molecular weight excluding hydrogens is 494 g/mol. The predicted molar refractivity (Wildman–Crippen MR) is 140 cm³/mol. The van der Waals surface area contributed by atoms with Crippen LogP contribution in [0.1, 0.15) is 32.2 Å². The van der Waals surface area contributed by atoms with Crippen LogP contribution in [0.15, 0.2) is 61.1 Å². The number of nitrogens with zero attached hydrogens (tertiary/aromatic N) is 3. The van der Waals surface area contributed by atoms with Crippen LogP contribution in [-0.2, 0) is 24.2 Å². The van der Waals surface area contributed by atoms with Crippen LogP contribution < -0.4 is 15.4 Å². The van der Waals surface area contributed by atoms with E-state index in [0.29, 0.717) is 46.4 Å². The van der Waals surface area contributed by atoms with Gasteiger partial charge in [0.25, 0.3) is 0 Å². The number of carboxylic acids is 1. The fraction of sp³-hybridized carbons (Fsp3) is 0.192. The van der Waals surface area contributed by atoms with E-state index in [4.69, 9.17) is 9.84 Å². The Hall–Kier alpha value is -4.51. The van der Waals surface area contributed by atoms with E-state index in [1.54, 1.807) is 59.6 Å². The van der Waals surface area contributed by atoms with Crippen molar-refractivity contribution in [3.05, 3.63) is 88.4 Å². The van der Waals surface area contributed by atoms with E-state index < -0.39 is 12.0 Å². The Morgan fingerprint density at radius 1 is 1.05 bits per heavy atom. The lowest BCUT2D eigenvalue weighted by Gasteiger charge is -2.13. The second kappa shape index (κ2) is 11.5. The number of para-hydroxylation sites is 1. The lowest BCUT2D eigenvalue weighted by Crippen LogP contribution is -2.21. The summed E-state index contributed by atoms with van der Waals surface area (Å²) in [4.78, 5) is 46.4. The van der Waals surface area contributed by atoms with E-state index >= 15 is 0 Å². The maximum Gasteiger partial charge on any atom is 0.325 e. The molecule has 0 aliphatic carbocycles. The second-order valence-electron chi connectivity index (χ2n) is 8.15. The number of amides is 2. The fourth-order valence-corrected chi connectivity index (χ4v) is 4.56. The van der Waals surface area contributed by atoms with Gasteiger partial charge in [-0.15, -0.1) is 11.3 Å². The minimum absolute atomic E-state index is 0.147. The molecule has 4 aromatic rings. The molecule has 2 aromatic heterocycles. The summed E-state index contributed by atoms with van der Waals surface area (Å²) in [6, 6.07) is 11.6. The quantitative estimate of drug-likeness (QED) is 0.264. The van der Waals surface area contributed by atoms with Crippen molar-refractivity contribution in [1.29, 1.82) is 0 Å². The van der Waals surface area contributed by atoms with Crippen LogP contribution in [0.2, 0.25) is 0 Å². The lowest BCUT2D eigenvalue weighted by atomic mass is 9.99. The van der Waals surface area contributed by atoms with Crippen molar-refractivity contribution in [2.75, 3.05) is 17.7 Å². The number of nitrogens with one attached hydrogen (secondary N) is 2. The average Bonchev–Trinajstić information content (AvgIpc) is 3.51. The van der Waals surface area contributed by atoms with Crippen LogP contribution in [0.25, 0.3) is 0 Å². The van der Waals surface area contributed by atoms with Crippen LogP contribution >= 0.6 is 11.3 Å². The molecule has 37 heavy (non-hydrogen) atoms. The van der Waals surface area contributed by atoms with E-state index in [-0.39, 0.29) is 12.3 Å². The summed E-state index contributed by atoms with van der Waals surface area (Å²) in [6.07, 6.45) is 5.98. The molecule has 4 rings (SSSR count). The Balaban J connectivity index is 1.42. The summed E-state index contributed by atoms with van der Waals surface area (Å²) in [5, 5.41) is 14.9. The van der Waals surface area contributed by atoms with Crippen LogP contribution in [0.4, 0.5) is 15.6 Å². The number of urea groups is 1. The van der Waals surface area contributed by atoms with Gasteiger partial charge in [-0.2, -0.15) is 0 Å². The first kappa shape index (κ1) is 25.6. The molecule has 2 heterocycles. The highest BCUT2D eigenvalue weighted by Crippen LogP contribution is 2.27. The normalized spacial score (nSPS) is 10.6. The van der Waals surface area contributed by atoms with Crippen molar-refractivity contribution >= 4 is 39.9 Å². The molecule has 2 amide bonds. The molecule has 0 saturated heterocycles. The third-order valence-electron chi connectivity index (χ3n) is 5.50. The molecule has 0 spiro atoms. The molecule has 0 fully saturated rings. The summed E-state index contributed by atoms with van der Waals surface area (Å²) in [5.41, 5.74) is 1.97. The third kappa shape index (κ3) is 6.39. The Morgan fingerprint density at radius 2 is 1.86 bits per heavy atom. The number of ketones is 1. The molecule has 0 unspecified atom stereocenters. The number of benzene rings is 2. The smallest absolute Gasteiger partial charge is 0.325 e. The standard InChI is InChI=1S/C26H25N5O5S/c1-16-7-9-20(19(13-16)24(34)18-5-3-4-6-21(18)36-2)29-25(35)30-26-28-14-17(37-26)8-10-22-27-11-12-31(22)15-23(32)33/h3-7,9,11-14H,8,10,15H2,1-2H3,(H,32,33)(H2,28,29,30,35). The molecule has 0 bridgehead atoms. The minimum atomic E-state index is -0.934. The Bertz CT molecular complexity index is 1440. The maximum absolute atomic E-state index is 13.3. The van der Waals surface area contributed by atoms with E-state index in [1.807, 2.05) is 13.0 Å². The number of rotatable bonds is 10. The van der Waals surface area contributed by atoms with Gasteiger partial charge in [-0.3, -0.25) is 14.9 Å². The summed E-state index contributed by atoms with van der Waals surface area (Å²) in [6.45, 7) is 1.72. The number of hydrogen-bond acceptors (Lipinski definition) is 7. The summed E-state index contributed by atoms with van der Waals surface area (Å²) in [5.74, 6) is -0.0926. The maximum atomic E-state index is 13.3. The van der Waals surface area contributed by atoms with E-state index in [9.17, 15) is 14.4 Å². The number of carbonyl (C=O) groups excluding carboxylic acids is 2. The van der Waals surface area contributed by atoms with Gasteiger partial charge in [-0.1, -0.05) is 23.8 Å². The average molecular weight is 520 g/mol. The number of methoxy groups -OCH3 is 1. The molecule has 0 aliphatic heterocycles. The number of carbonyl (C=O) groups is 3. The topological polar surface area (TPSA) is 135 Å². The summed E-state index contributed by atoms with van der Waals surface area (Å²) >= 11 is 1.31. The van der Waals surface area contributed by atoms with Gasteiger partial charge >= 0.3 is 12.0 Å². The van der Waals surface area contributed by atoms with Crippen molar-refractivity contribution in [1.82, 2.24) is 14.5 Å². The van der Waals surface area contributed by atoms with Crippen LogP contribution in [0.3, 0.4) is 0 Å². The predicted octanol–water partition coefficient (Wildman–Crippen LogP) is 4.40. The zero-order valence-corrected chi connectivity index (χ0v) is 21.0. The van der Waals surface area contributed by atoms with Crippen LogP contribution in [0, 0.1) is 6.92 Å². The SMILES string of the molecule is COc1ccccc1C(=O)c1cc(C)ccc1NC(=O)Nc1ncc(CCc2nccn2CC(=O)O)s1. The van der Waals surface area contributed by atoms with Gasteiger partial charge in [0.15, 0.2) is 10.9 Å². The van der Waals surface area contributed by atoms with E-state index in [2.05, 4.69) is 20.6 Å². The highest BCUT2D eigenvalue weighted by atomic mass is 32.1. The number of aryl methyl sites for hydroxylation is 3. The molecule has 2 aromatic carbocycles. The monoisotopic (exact) mass is 519 g/mol. The second-order valence-corrected chi connectivity index (χ2v) is 9.27. The van der Waals surface area contributed by atoms with Crippen molar-refractivity contribution in [3.8, 4) is 5.75 Å². The van der Waals surface area contributed by atoms with Gasteiger partial charge in [-0.05, 0) is 37.6 Å². The highest BCUT2D eigenvalue weighted by molar-refractivity contribution is 7.15. The number of imidazole rings is 1. The van der Waals surface area contributed by atoms with Gasteiger partial charge in [0, 0.05) is 35.5 Å². The van der Waals surface area contributed by atoms with Crippen LogP contribution in [-0.4, -0.2) is 44.5 Å². The molecule has 0 saturated carbocycles. The summed E-state index contributed by atoms with van der Waals surface area (Å²) < 4.78 is 6.91. The van der Waals surface area contributed by atoms with Crippen molar-refractivity contribution in [2.24, 2.45) is 0 Å². The molecule has 10 nitrogen and oxygen atoms in total. The van der Waals surface area contributed by atoms with Crippen molar-refractivity contribution in [2.45, 2.75) is 26.3 Å². The number of thiazole rings is 1. The molecular formula is C26H25N5O5S. The van der Waals surface area contributed by atoms with Crippen LogP contribution in [0.5, 0.6) is 5.75 Å². The van der Waals surface area contributed by atoms with Gasteiger partial charge in [0.2, 0.25) is 0 Å². The number of ether oxygens (including phenoxy) is 1. The zero-order valence-electron chi connectivity index (χ0n) is 20.2. The van der Waals surface area contributed by atoms with Crippen molar-refractivity contribution < 1.29 is 24.2 Å². The van der Waals surface area contributed by atoms with E-state index in [1.165, 1.54) is 18.4 Å². The third-order valence-corrected chi connectivity index (χ3v) is 6.47. The number of carboxylic acid groups (broad SMARTS) is 1. The molecule has 11 heteroatoms. The Kier molecular flexibility index (Phi) is 7.94. The Morgan fingerprint density at radius 3 is 2.65 bits per heavy atom. The first-order valence-corrected chi connectivity index (χ1v) is 12.2. The molecule has 3 N–H and O–H groups in total. The molecule has 190 valence electrons. The summed E-state index contributed by atoms with van der Waals surface area (Å²) in [7, 11) is 1.50. The molecule has 0 atom stereocenters. The number of hydrogen-bond donors (Lipinski definition) is 3. The number of anilines is 2. The zero-order chi connectivity index (χ0) is 26.4. The Labute approximate surface area is 217 Å². The number of aromatic nitrogens is 3. The first-order valence-electron chi connectivity index (χ1n) is 11.4. The molecule has 0 aliphatic rings.